The molecule has 8 nitrogen and oxygen atoms in total. The van der Waals surface area contributed by atoms with E-state index in [0.29, 0.717) is 0 Å². The number of aliphatic carboxylic acids is 1. The summed E-state index contributed by atoms with van der Waals surface area (Å²) < 4.78 is 4.98. The molecule has 1 amide bonds. The van der Waals surface area contributed by atoms with Gasteiger partial charge in [-0.2, -0.15) is 0 Å². The zero-order valence-corrected chi connectivity index (χ0v) is 11.9. The van der Waals surface area contributed by atoms with Gasteiger partial charge in [0.1, 0.15) is 5.75 Å². The molecular formula is C13H16N2O6. The van der Waals surface area contributed by atoms with Crippen LogP contribution >= 0.6 is 0 Å². The highest BCUT2D eigenvalue weighted by molar-refractivity contribution is 5.97. The summed E-state index contributed by atoms with van der Waals surface area (Å²) in [5.74, 6) is -1.52. The molecule has 0 spiro atoms. The van der Waals surface area contributed by atoms with Crippen LogP contribution in [-0.4, -0.2) is 35.6 Å². The first-order valence-corrected chi connectivity index (χ1v) is 6.03. The van der Waals surface area contributed by atoms with Crippen molar-refractivity contribution < 1.29 is 24.4 Å². The Bertz CT molecular complexity index is 582. The van der Waals surface area contributed by atoms with Crippen molar-refractivity contribution in [2.75, 3.05) is 13.7 Å². The van der Waals surface area contributed by atoms with Gasteiger partial charge in [-0.3, -0.25) is 19.7 Å². The zero-order chi connectivity index (χ0) is 16.2. The molecule has 0 aliphatic heterocycles. The number of methoxy groups -OCH3 is 1. The van der Waals surface area contributed by atoms with Crippen LogP contribution < -0.4 is 10.1 Å². The summed E-state index contributed by atoms with van der Waals surface area (Å²) in [4.78, 5) is 33.1. The predicted octanol–water partition coefficient (Wildman–Crippen LogP) is 1.44. The molecule has 2 N–H and O–H groups in total. The lowest BCUT2D eigenvalue weighted by Gasteiger charge is -2.19. The van der Waals surface area contributed by atoms with Crippen molar-refractivity contribution in [2.24, 2.45) is 5.41 Å². The van der Waals surface area contributed by atoms with Crippen LogP contribution in [0.15, 0.2) is 18.2 Å². The number of nitrogens with one attached hydrogen (secondary N) is 1. The molecule has 0 aliphatic rings. The van der Waals surface area contributed by atoms with E-state index in [4.69, 9.17) is 9.84 Å². The third-order valence-corrected chi connectivity index (χ3v) is 2.91. The molecule has 1 aromatic carbocycles. The van der Waals surface area contributed by atoms with Crippen LogP contribution in [0.5, 0.6) is 5.75 Å². The Balaban J connectivity index is 2.98. The quantitative estimate of drug-likeness (QED) is 0.605. The minimum absolute atomic E-state index is 0.0205. The number of rotatable bonds is 6. The Kier molecular flexibility index (Phi) is 4.85. The third kappa shape index (κ3) is 3.91. The molecule has 0 fully saturated rings. The van der Waals surface area contributed by atoms with Gasteiger partial charge in [0.25, 0.3) is 11.6 Å². The van der Waals surface area contributed by atoms with Crippen LogP contribution in [0.3, 0.4) is 0 Å². The van der Waals surface area contributed by atoms with Crippen molar-refractivity contribution in [3.8, 4) is 5.75 Å². The van der Waals surface area contributed by atoms with Crippen LogP contribution in [-0.2, 0) is 4.79 Å². The summed E-state index contributed by atoms with van der Waals surface area (Å²) in [6.07, 6.45) is 0. The lowest BCUT2D eigenvalue weighted by Crippen LogP contribution is -2.39. The second-order valence-electron chi connectivity index (χ2n) is 5.01. The summed E-state index contributed by atoms with van der Waals surface area (Å²) >= 11 is 0. The maximum atomic E-state index is 12.1. The van der Waals surface area contributed by atoms with Crippen LogP contribution in [0, 0.1) is 15.5 Å². The van der Waals surface area contributed by atoms with Crippen LogP contribution in [0.2, 0.25) is 0 Å². The van der Waals surface area contributed by atoms with Crippen molar-refractivity contribution in [3.05, 3.63) is 33.9 Å². The number of carboxylic acid groups (broad SMARTS) is 1. The maximum Gasteiger partial charge on any atom is 0.310 e. The monoisotopic (exact) mass is 296 g/mol. The van der Waals surface area contributed by atoms with Gasteiger partial charge in [0.15, 0.2) is 0 Å². The number of benzene rings is 1. The number of carbonyl (C=O) groups is 2. The number of hydrogen-bond donors (Lipinski definition) is 2. The predicted molar refractivity (Wildman–Crippen MR) is 73.4 cm³/mol. The first-order chi connectivity index (χ1) is 9.69. The van der Waals surface area contributed by atoms with E-state index in [-0.39, 0.29) is 23.5 Å². The molecule has 0 unspecified atom stereocenters. The van der Waals surface area contributed by atoms with E-state index in [1.54, 1.807) is 0 Å². The van der Waals surface area contributed by atoms with Crippen molar-refractivity contribution in [1.82, 2.24) is 5.32 Å². The van der Waals surface area contributed by atoms with Crippen molar-refractivity contribution in [1.29, 1.82) is 0 Å². The van der Waals surface area contributed by atoms with Gasteiger partial charge >= 0.3 is 5.97 Å². The van der Waals surface area contributed by atoms with Gasteiger partial charge < -0.3 is 15.2 Å². The molecule has 0 atom stereocenters. The molecule has 0 saturated heterocycles. The van der Waals surface area contributed by atoms with E-state index in [1.165, 1.54) is 33.1 Å². The average Bonchev–Trinajstić information content (AvgIpc) is 2.43. The standard InChI is InChI=1S/C13H16N2O6/c1-13(2,12(17)18)7-14-11(16)9-6-8(15(19)20)4-5-10(9)21-3/h4-6H,7H2,1-3H3,(H,14,16)(H,17,18). The van der Waals surface area contributed by atoms with Crippen molar-refractivity contribution in [2.45, 2.75) is 13.8 Å². The largest absolute Gasteiger partial charge is 0.496 e. The second kappa shape index (κ2) is 6.21. The molecule has 1 rings (SSSR count). The molecular weight excluding hydrogens is 280 g/mol. The minimum atomic E-state index is -1.15. The number of carboxylic acids is 1. The SMILES string of the molecule is COc1ccc([N+](=O)[O-])cc1C(=O)NCC(C)(C)C(=O)O. The fraction of sp³-hybridized carbons (Fsp3) is 0.385. The Labute approximate surface area is 120 Å². The highest BCUT2D eigenvalue weighted by Crippen LogP contribution is 2.24. The summed E-state index contributed by atoms with van der Waals surface area (Å²) in [7, 11) is 1.33. The molecule has 1 aromatic rings. The highest BCUT2D eigenvalue weighted by atomic mass is 16.6. The number of nitro groups is 1. The van der Waals surface area contributed by atoms with E-state index in [1.807, 2.05) is 0 Å². The van der Waals surface area contributed by atoms with Gasteiger partial charge in [-0.25, -0.2) is 0 Å². The minimum Gasteiger partial charge on any atom is -0.496 e. The number of nitro benzene ring substituents is 1. The Morgan fingerprint density at radius 1 is 1.43 bits per heavy atom. The molecule has 0 radical (unpaired) electrons. The lowest BCUT2D eigenvalue weighted by atomic mass is 9.94. The van der Waals surface area contributed by atoms with Gasteiger partial charge in [0.2, 0.25) is 0 Å². The molecule has 21 heavy (non-hydrogen) atoms. The number of nitrogens with zero attached hydrogens (tertiary/aromatic N) is 1. The number of amides is 1. The molecule has 114 valence electrons. The smallest absolute Gasteiger partial charge is 0.310 e. The van der Waals surface area contributed by atoms with Gasteiger partial charge in [0.05, 0.1) is 23.0 Å². The second-order valence-corrected chi connectivity index (χ2v) is 5.01. The first-order valence-electron chi connectivity index (χ1n) is 6.03. The first kappa shape index (κ1) is 16.4. The average molecular weight is 296 g/mol. The Morgan fingerprint density at radius 3 is 2.52 bits per heavy atom. The van der Waals surface area contributed by atoms with Crippen LogP contribution in [0.4, 0.5) is 5.69 Å². The molecule has 0 bridgehead atoms. The van der Waals surface area contributed by atoms with Crippen LogP contribution in [0.1, 0.15) is 24.2 Å². The lowest BCUT2D eigenvalue weighted by molar-refractivity contribution is -0.384. The number of ether oxygens (including phenoxy) is 1. The third-order valence-electron chi connectivity index (χ3n) is 2.91. The normalized spacial score (nSPS) is 10.8. The van der Waals surface area contributed by atoms with Gasteiger partial charge in [-0.15, -0.1) is 0 Å². The van der Waals surface area contributed by atoms with E-state index >= 15 is 0 Å². The summed E-state index contributed by atoms with van der Waals surface area (Å²) in [5.41, 5.74) is -1.42. The van der Waals surface area contributed by atoms with E-state index in [0.717, 1.165) is 6.07 Å². The van der Waals surface area contributed by atoms with Gasteiger partial charge in [-0.05, 0) is 19.9 Å². The molecule has 8 heteroatoms. The maximum absolute atomic E-state index is 12.1. The summed E-state index contributed by atoms with van der Waals surface area (Å²) in [6, 6.07) is 3.62. The molecule has 0 aromatic heterocycles. The molecule has 0 saturated carbocycles. The highest BCUT2D eigenvalue weighted by Gasteiger charge is 2.28. The molecule has 0 heterocycles. The van der Waals surface area contributed by atoms with Crippen molar-refractivity contribution in [3.63, 3.8) is 0 Å². The van der Waals surface area contributed by atoms with Crippen LogP contribution in [0.25, 0.3) is 0 Å². The number of hydrogen-bond acceptors (Lipinski definition) is 5. The van der Waals surface area contributed by atoms with E-state index in [2.05, 4.69) is 5.32 Å². The van der Waals surface area contributed by atoms with Gasteiger partial charge in [-0.1, -0.05) is 0 Å². The Hall–Kier alpha value is -2.64. The Morgan fingerprint density at radius 2 is 2.05 bits per heavy atom. The topological polar surface area (TPSA) is 119 Å². The van der Waals surface area contributed by atoms with Gasteiger partial charge in [0, 0.05) is 18.7 Å². The summed E-state index contributed by atoms with van der Waals surface area (Å²) in [6.45, 7) is 2.80. The fourth-order valence-corrected chi connectivity index (χ4v) is 1.46. The van der Waals surface area contributed by atoms with E-state index < -0.39 is 22.2 Å². The van der Waals surface area contributed by atoms with Crippen molar-refractivity contribution >= 4 is 17.6 Å². The fourth-order valence-electron chi connectivity index (χ4n) is 1.46. The summed E-state index contributed by atoms with van der Waals surface area (Å²) in [5, 5.41) is 22.2. The molecule has 0 aliphatic carbocycles. The zero-order valence-electron chi connectivity index (χ0n) is 11.9. The number of non-ortho nitro benzene ring substituents is 1. The van der Waals surface area contributed by atoms with E-state index in [9.17, 15) is 19.7 Å². The number of carbonyl (C=O) groups excluding carboxylic acids is 1.